The van der Waals surface area contributed by atoms with Gasteiger partial charge in [0.2, 0.25) is 0 Å². The summed E-state index contributed by atoms with van der Waals surface area (Å²) in [6.45, 7) is 0. The van der Waals surface area contributed by atoms with Crippen molar-refractivity contribution in [2.45, 2.75) is 0 Å². The lowest BCUT2D eigenvalue weighted by molar-refractivity contribution is 0.102. The molecule has 0 spiro atoms. The monoisotopic (exact) mass is 364 g/mol. The molecule has 0 aliphatic carbocycles. The third-order valence-electron chi connectivity index (χ3n) is 2.98. The van der Waals surface area contributed by atoms with Crippen molar-refractivity contribution in [2.75, 3.05) is 11.1 Å². The number of anilines is 2. The predicted octanol–water partition coefficient (Wildman–Crippen LogP) is 3.81. The van der Waals surface area contributed by atoms with Crippen LogP contribution in [0, 0.1) is 0 Å². The molecule has 2 aromatic carbocycles. The molecule has 0 aliphatic rings. The van der Waals surface area contributed by atoms with Gasteiger partial charge in [0, 0.05) is 20.6 Å². The molecule has 0 atom stereocenters. The Morgan fingerprint density at radius 1 is 1.29 bits per heavy atom. The van der Waals surface area contributed by atoms with Crippen LogP contribution in [-0.4, -0.2) is 16.1 Å². The van der Waals surface area contributed by atoms with Crippen molar-refractivity contribution < 1.29 is 4.79 Å². The Morgan fingerprint density at radius 3 is 2.90 bits per heavy atom. The van der Waals surface area contributed by atoms with Crippen LogP contribution in [0.2, 0.25) is 5.02 Å². The smallest absolute Gasteiger partial charge is 0.276 e. The summed E-state index contributed by atoms with van der Waals surface area (Å²) in [7, 11) is 0. The van der Waals surface area contributed by atoms with Crippen LogP contribution in [0.3, 0.4) is 0 Å². The quantitative estimate of drug-likeness (QED) is 0.604. The van der Waals surface area contributed by atoms with Crippen LogP contribution in [0.4, 0.5) is 11.4 Å². The molecular formula is C14H10BrClN4O. The summed E-state index contributed by atoms with van der Waals surface area (Å²) in [4.78, 5) is 12.4. The minimum atomic E-state index is -0.338. The maximum Gasteiger partial charge on any atom is 0.276 e. The number of hydrogen-bond donors (Lipinski definition) is 3. The van der Waals surface area contributed by atoms with Gasteiger partial charge in [-0.2, -0.15) is 5.10 Å². The number of hydrogen-bond acceptors (Lipinski definition) is 3. The number of aromatic amines is 1. The Hall–Kier alpha value is -2.05. The molecule has 0 bridgehead atoms. The maximum atomic E-state index is 12.4. The Bertz CT molecular complexity index is 846. The summed E-state index contributed by atoms with van der Waals surface area (Å²) >= 11 is 9.29. The van der Waals surface area contributed by atoms with Crippen molar-refractivity contribution >= 4 is 55.7 Å². The van der Waals surface area contributed by atoms with E-state index in [1.54, 1.807) is 36.4 Å². The molecule has 106 valence electrons. The van der Waals surface area contributed by atoms with Crippen LogP contribution in [0.15, 0.2) is 40.9 Å². The highest BCUT2D eigenvalue weighted by Gasteiger charge is 2.15. The van der Waals surface area contributed by atoms with Gasteiger partial charge in [0.25, 0.3) is 5.91 Å². The summed E-state index contributed by atoms with van der Waals surface area (Å²) in [5, 5.41) is 10.8. The van der Waals surface area contributed by atoms with Gasteiger partial charge in [-0.3, -0.25) is 9.89 Å². The van der Waals surface area contributed by atoms with Crippen LogP contribution >= 0.6 is 27.5 Å². The molecule has 0 fully saturated rings. The SMILES string of the molecule is Nc1ccc2[nH]nc(C(=O)Nc3cc(Cl)ccc3Br)c2c1. The van der Waals surface area contributed by atoms with Crippen LogP contribution in [0.25, 0.3) is 10.9 Å². The molecule has 1 amide bonds. The third-order valence-corrected chi connectivity index (χ3v) is 3.91. The van der Waals surface area contributed by atoms with Crippen LogP contribution in [0.1, 0.15) is 10.5 Å². The van der Waals surface area contributed by atoms with Crippen molar-refractivity contribution in [3.05, 3.63) is 51.6 Å². The lowest BCUT2D eigenvalue weighted by Crippen LogP contribution is -2.13. The van der Waals surface area contributed by atoms with E-state index in [1.165, 1.54) is 0 Å². The summed E-state index contributed by atoms with van der Waals surface area (Å²) < 4.78 is 0.736. The zero-order valence-electron chi connectivity index (χ0n) is 10.7. The Labute approximate surface area is 133 Å². The highest BCUT2D eigenvalue weighted by molar-refractivity contribution is 9.10. The van der Waals surface area contributed by atoms with E-state index in [0.29, 0.717) is 21.8 Å². The van der Waals surface area contributed by atoms with Gasteiger partial charge in [0.05, 0.1) is 11.2 Å². The van der Waals surface area contributed by atoms with E-state index >= 15 is 0 Å². The van der Waals surface area contributed by atoms with E-state index in [0.717, 1.165) is 9.99 Å². The summed E-state index contributed by atoms with van der Waals surface area (Å²) in [5.41, 5.74) is 7.93. The summed E-state index contributed by atoms with van der Waals surface area (Å²) in [6.07, 6.45) is 0. The van der Waals surface area contributed by atoms with E-state index in [4.69, 9.17) is 17.3 Å². The Kier molecular flexibility index (Phi) is 3.57. The number of aromatic nitrogens is 2. The lowest BCUT2D eigenvalue weighted by Gasteiger charge is -2.06. The van der Waals surface area contributed by atoms with Gasteiger partial charge < -0.3 is 11.1 Å². The van der Waals surface area contributed by atoms with Crippen molar-refractivity contribution in [1.82, 2.24) is 10.2 Å². The number of H-pyrrole nitrogens is 1. The minimum absolute atomic E-state index is 0.282. The molecule has 0 saturated carbocycles. The Morgan fingerprint density at radius 2 is 2.10 bits per heavy atom. The van der Waals surface area contributed by atoms with Gasteiger partial charge in [0.15, 0.2) is 5.69 Å². The molecule has 0 saturated heterocycles. The molecule has 3 rings (SSSR count). The first kappa shape index (κ1) is 13.9. The van der Waals surface area contributed by atoms with E-state index in [-0.39, 0.29) is 11.6 Å². The second-order valence-electron chi connectivity index (χ2n) is 4.46. The van der Waals surface area contributed by atoms with Gasteiger partial charge in [0.1, 0.15) is 0 Å². The first-order chi connectivity index (χ1) is 10.0. The second kappa shape index (κ2) is 5.38. The van der Waals surface area contributed by atoms with Crippen molar-refractivity contribution in [2.24, 2.45) is 0 Å². The Balaban J connectivity index is 1.97. The van der Waals surface area contributed by atoms with Crippen LogP contribution in [0.5, 0.6) is 0 Å². The average molecular weight is 366 g/mol. The van der Waals surface area contributed by atoms with Crippen molar-refractivity contribution in [1.29, 1.82) is 0 Å². The zero-order valence-corrected chi connectivity index (χ0v) is 13.0. The first-order valence-corrected chi connectivity index (χ1v) is 7.22. The number of halogens is 2. The number of amides is 1. The number of nitrogens with one attached hydrogen (secondary N) is 2. The lowest BCUT2D eigenvalue weighted by atomic mass is 10.2. The zero-order chi connectivity index (χ0) is 15.0. The number of nitrogen functional groups attached to an aromatic ring is 1. The molecule has 5 nitrogen and oxygen atoms in total. The van der Waals surface area contributed by atoms with E-state index in [1.807, 2.05) is 0 Å². The fraction of sp³-hybridized carbons (Fsp3) is 0. The number of benzene rings is 2. The average Bonchev–Trinajstić information content (AvgIpc) is 2.85. The second-order valence-corrected chi connectivity index (χ2v) is 5.75. The van der Waals surface area contributed by atoms with Gasteiger partial charge >= 0.3 is 0 Å². The molecule has 0 aliphatic heterocycles. The highest BCUT2D eigenvalue weighted by atomic mass is 79.9. The van der Waals surface area contributed by atoms with E-state index < -0.39 is 0 Å². The van der Waals surface area contributed by atoms with Gasteiger partial charge in [-0.25, -0.2) is 0 Å². The largest absolute Gasteiger partial charge is 0.399 e. The maximum absolute atomic E-state index is 12.4. The molecule has 1 aromatic heterocycles. The van der Waals surface area contributed by atoms with Gasteiger partial charge in [-0.15, -0.1) is 0 Å². The van der Waals surface area contributed by atoms with Gasteiger partial charge in [-0.05, 0) is 52.3 Å². The fourth-order valence-corrected chi connectivity index (χ4v) is 2.50. The van der Waals surface area contributed by atoms with Crippen molar-refractivity contribution in [3.63, 3.8) is 0 Å². The molecule has 0 radical (unpaired) electrons. The number of rotatable bonds is 2. The van der Waals surface area contributed by atoms with Crippen molar-refractivity contribution in [3.8, 4) is 0 Å². The molecule has 7 heteroatoms. The predicted molar refractivity (Wildman–Crippen MR) is 87.6 cm³/mol. The number of nitrogens with two attached hydrogens (primary N) is 1. The normalized spacial score (nSPS) is 10.8. The third kappa shape index (κ3) is 2.72. The summed E-state index contributed by atoms with van der Waals surface area (Å²) in [6, 6.07) is 10.4. The fourth-order valence-electron chi connectivity index (χ4n) is 1.98. The van der Waals surface area contributed by atoms with Crippen LogP contribution in [-0.2, 0) is 0 Å². The number of nitrogens with zero attached hydrogens (tertiary/aromatic N) is 1. The van der Waals surface area contributed by atoms with E-state index in [9.17, 15) is 4.79 Å². The number of carbonyl (C=O) groups excluding carboxylic acids is 1. The molecule has 21 heavy (non-hydrogen) atoms. The topological polar surface area (TPSA) is 83.8 Å². The first-order valence-electron chi connectivity index (χ1n) is 6.04. The van der Waals surface area contributed by atoms with Crippen LogP contribution < -0.4 is 11.1 Å². The molecule has 3 aromatic rings. The summed E-state index contributed by atoms with van der Waals surface area (Å²) in [5.74, 6) is -0.338. The number of carbonyl (C=O) groups is 1. The molecular weight excluding hydrogens is 356 g/mol. The van der Waals surface area contributed by atoms with E-state index in [2.05, 4.69) is 31.4 Å². The number of fused-ring (bicyclic) bond motifs is 1. The molecule has 1 heterocycles. The molecule has 0 unspecified atom stereocenters. The minimum Gasteiger partial charge on any atom is -0.399 e. The van der Waals surface area contributed by atoms with Gasteiger partial charge in [-0.1, -0.05) is 11.6 Å². The highest BCUT2D eigenvalue weighted by Crippen LogP contribution is 2.27. The molecule has 4 N–H and O–H groups in total. The standard InChI is InChI=1S/C14H10BrClN4O/c15-10-3-1-7(16)5-12(10)18-14(21)13-9-6-8(17)2-4-11(9)19-20-13/h1-6H,17H2,(H,18,21)(H,19,20).